The van der Waals surface area contributed by atoms with Gasteiger partial charge in [0.05, 0.1) is 10.7 Å². The summed E-state index contributed by atoms with van der Waals surface area (Å²) in [5.74, 6) is -0.0697. The molecule has 1 aromatic heterocycles. The van der Waals surface area contributed by atoms with Crippen LogP contribution in [0.5, 0.6) is 0 Å². The van der Waals surface area contributed by atoms with Crippen LogP contribution in [-0.4, -0.2) is 27.2 Å². The number of hydrogen-bond donors (Lipinski definition) is 2. The maximum Gasteiger partial charge on any atom is 0.257 e. The summed E-state index contributed by atoms with van der Waals surface area (Å²) in [4.78, 5) is 30.4. The van der Waals surface area contributed by atoms with E-state index in [4.69, 9.17) is 23.2 Å². The van der Waals surface area contributed by atoms with E-state index in [2.05, 4.69) is 10.3 Å². The highest BCUT2D eigenvalue weighted by molar-refractivity contribution is 6.33. The number of halogens is 2. The largest absolute Gasteiger partial charge is 0.396 e. The van der Waals surface area contributed by atoms with Gasteiger partial charge in [-0.25, -0.2) is 4.98 Å². The molecule has 0 aliphatic heterocycles. The maximum absolute atomic E-state index is 13.1. The van der Waals surface area contributed by atoms with Gasteiger partial charge >= 0.3 is 0 Å². The Bertz CT molecular complexity index is 1140. The monoisotopic (exact) mass is 445 g/mol. The Morgan fingerprint density at radius 3 is 2.47 bits per heavy atom. The highest BCUT2D eigenvalue weighted by Gasteiger charge is 2.18. The van der Waals surface area contributed by atoms with Crippen LogP contribution in [0.2, 0.25) is 10.0 Å². The second-order valence-electron chi connectivity index (χ2n) is 6.90. The molecular formula is C22H21Cl2N3O3. The van der Waals surface area contributed by atoms with Crippen LogP contribution in [0, 0.1) is 13.8 Å². The smallest absolute Gasteiger partial charge is 0.257 e. The fourth-order valence-corrected chi connectivity index (χ4v) is 3.53. The van der Waals surface area contributed by atoms with E-state index in [0.29, 0.717) is 38.4 Å². The molecule has 30 heavy (non-hydrogen) atoms. The molecule has 2 aromatic carbocycles. The number of aliphatic hydroxyl groups is 1. The number of anilines is 1. The molecule has 0 aliphatic rings. The van der Waals surface area contributed by atoms with Crippen molar-refractivity contribution in [2.45, 2.75) is 26.8 Å². The lowest BCUT2D eigenvalue weighted by Crippen LogP contribution is -2.33. The first kappa shape index (κ1) is 22.0. The number of aryl methyl sites for hydroxylation is 2. The van der Waals surface area contributed by atoms with Crippen molar-refractivity contribution in [3.05, 3.63) is 79.7 Å². The van der Waals surface area contributed by atoms with Gasteiger partial charge in [-0.2, -0.15) is 0 Å². The Balaban J connectivity index is 2.02. The van der Waals surface area contributed by atoms with E-state index < -0.39 is 5.91 Å². The zero-order chi connectivity index (χ0) is 21.8. The van der Waals surface area contributed by atoms with Gasteiger partial charge in [0.1, 0.15) is 12.4 Å². The van der Waals surface area contributed by atoms with Crippen LogP contribution in [0.15, 0.2) is 47.3 Å². The molecule has 2 N–H and O–H groups in total. The zero-order valence-electron chi connectivity index (χ0n) is 16.6. The van der Waals surface area contributed by atoms with Gasteiger partial charge in [-0.15, -0.1) is 0 Å². The van der Waals surface area contributed by atoms with Crippen molar-refractivity contribution < 1.29 is 9.90 Å². The molecule has 0 aliphatic carbocycles. The number of benzene rings is 2. The van der Waals surface area contributed by atoms with Crippen LogP contribution in [0.1, 0.15) is 16.8 Å². The van der Waals surface area contributed by atoms with Gasteiger partial charge in [0, 0.05) is 34.9 Å². The minimum Gasteiger partial charge on any atom is -0.396 e. The molecule has 3 aromatic rings. The van der Waals surface area contributed by atoms with E-state index in [1.165, 1.54) is 4.57 Å². The van der Waals surface area contributed by atoms with Crippen molar-refractivity contribution in [1.29, 1.82) is 0 Å². The first-order valence-electron chi connectivity index (χ1n) is 9.33. The predicted octanol–water partition coefficient (Wildman–Crippen LogP) is 4.01. The standard InChI is InChI=1S/C22H21Cl2N3O3/c1-13-3-8-19(18(24)11-13)26-20(29)12-27-21(15-4-6-16(23)7-5-15)25-14(2)17(9-10-28)22(27)30/h3-8,11,28H,9-10,12H2,1-2H3,(H,26,29). The fraction of sp³-hybridized carbons (Fsp3) is 0.227. The van der Waals surface area contributed by atoms with Gasteiger partial charge in [-0.1, -0.05) is 29.3 Å². The summed E-state index contributed by atoms with van der Waals surface area (Å²) < 4.78 is 1.30. The summed E-state index contributed by atoms with van der Waals surface area (Å²) >= 11 is 12.2. The number of aliphatic hydroxyl groups excluding tert-OH is 1. The average molecular weight is 446 g/mol. The Morgan fingerprint density at radius 1 is 1.13 bits per heavy atom. The molecule has 0 unspecified atom stereocenters. The quantitative estimate of drug-likeness (QED) is 0.600. The Labute approximate surface area is 184 Å². The molecule has 0 fully saturated rings. The lowest BCUT2D eigenvalue weighted by molar-refractivity contribution is -0.116. The van der Waals surface area contributed by atoms with Crippen LogP contribution in [-0.2, 0) is 17.8 Å². The summed E-state index contributed by atoms with van der Waals surface area (Å²) in [6, 6.07) is 12.1. The lowest BCUT2D eigenvalue weighted by atomic mass is 10.1. The molecule has 6 nitrogen and oxygen atoms in total. The third-order valence-electron chi connectivity index (χ3n) is 4.63. The van der Waals surface area contributed by atoms with Crippen molar-refractivity contribution in [3.8, 4) is 11.4 Å². The minimum absolute atomic E-state index is 0.157. The number of aromatic nitrogens is 2. The molecule has 1 amide bonds. The van der Waals surface area contributed by atoms with Gasteiger partial charge in [-0.05, 0) is 55.8 Å². The lowest BCUT2D eigenvalue weighted by Gasteiger charge is -2.16. The number of rotatable bonds is 6. The highest BCUT2D eigenvalue weighted by atomic mass is 35.5. The molecular weight excluding hydrogens is 425 g/mol. The molecule has 0 bridgehead atoms. The van der Waals surface area contributed by atoms with E-state index in [1.807, 2.05) is 13.0 Å². The van der Waals surface area contributed by atoms with Crippen LogP contribution in [0.25, 0.3) is 11.4 Å². The van der Waals surface area contributed by atoms with Crippen molar-refractivity contribution >= 4 is 34.8 Å². The van der Waals surface area contributed by atoms with Crippen LogP contribution >= 0.6 is 23.2 Å². The topological polar surface area (TPSA) is 84.2 Å². The SMILES string of the molecule is Cc1ccc(NC(=O)Cn2c(-c3ccc(Cl)cc3)nc(C)c(CCO)c2=O)c(Cl)c1. The summed E-state index contributed by atoms with van der Waals surface area (Å²) in [7, 11) is 0. The van der Waals surface area contributed by atoms with Gasteiger partial charge in [0.15, 0.2) is 0 Å². The number of carbonyl (C=O) groups excluding carboxylic acids is 1. The number of carbonyl (C=O) groups is 1. The second kappa shape index (κ2) is 9.43. The molecule has 1 heterocycles. The van der Waals surface area contributed by atoms with Crippen LogP contribution in [0.3, 0.4) is 0 Å². The van der Waals surface area contributed by atoms with Crippen LogP contribution in [0.4, 0.5) is 5.69 Å². The number of nitrogens with zero attached hydrogens (tertiary/aromatic N) is 2. The predicted molar refractivity (Wildman–Crippen MR) is 119 cm³/mol. The summed E-state index contributed by atoms with van der Waals surface area (Å²) in [6.45, 7) is 3.16. The molecule has 0 radical (unpaired) electrons. The zero-order valence-corrected chi connectivity index (χ0v) is 18.1. The normalized spacial score (nSPS) is 10.8. The van der Waals surface area contributed by atoms with Crippen molar-refractivity contribution in [1.82, 2.24) is 9.55 Å². The van der Waals surface area contributed by atoms with E-state index >= 15 is 0 Å². The van der Waals surface area contributed by atoms with Gasteiger partial charge < -0.3 is 10.4 Å². The third-order valence-corrected chi connectivity index (χ3v) is 5.20. The molecule has 3 rings (SSSR count). The average Bonchev–Trinajstić information content (AvgIpc) is 2.70. The minimum atomic E-state index is -0.418. The van der Waals surface area contributed by atoms with Crippen molar-refractivity contribution in [2.75, 3.05) is 11.9 Å². The molecule has 0 saturated carbocycles. The number of amides is 1. The Morgan fingerprint density at radius 2 is 1.83 bits per heavy atom. The van der Waals surface area contributed by atoms with Gasteiger partial charge in [-0.3, -0.25) is 14.2 Å². The number of hydrogen-bond acceptors (Lipinski definition) is 4. The van der Waals surface area contributed by atoms with Gasteiger partial charge in [0.25, 0.3) is 5.56 Å². The van der Waals surface area contributed by atoms with E-state index in [-0.39, 0.29) is 25.1 Å². The maximum atomic E-state index is 13.1. The van der Waals surface area contributed by atoms with Gasteiger partial charge in [0.2, 0.25) is 5.91 Å². The molecule has 0 atom stereocenters. The van der Waals surface area contributed by atoms with E-state index in [9.17, 15) is 14.7 Å². The third kappa shape index (κ3) is 4.90. The molecule has 8 heteroatoms. The summed E-state index contributed by atoms with van der Waals surface area (Å²) in [5, 5.41) is 13.0. The highest BCUT2D eigenvalue weighted by Crippen LogP contribution is 2.23. The second-order valence-corrected chi connectivity index (χ2v) is 7.75. The van der Waals surface area contributed by atoms with Crippen LogP contribution < -0.4 is 10.9 Å². The summed E-state index contributed by atoms with van der Waals surface area (Å²) in [5.41, 5.74) is 2.59. The van der Waals surface area contributed by atoms with E-state index in [0.717, 1.165) is 5.56 Å². The first-order valence-corrected chi connectivity index (χ1v) is 10.1. The Hall–Kier alpha value is -2.67. The fourth-order valence-electron chi connectivity index (χ4n) is 3.12. The number of nitrogens with one attached hydrogen (secondary N) is 1. The molecule has 0 spiro atoms. The van der Waals surface area contributed by atoms with Crippen molar-refractivity contribution in [2.24, 2.45) is 0 Å². The molecule has 0 saturated heterocycles. The van der Waals surface area contributed by atoms with E-state index in [1.54, 1.807) is 43.3 Å². The first-order chi connectivity index (χ1) is 14.3. The summed E-state index contributed by atoms with van der Waals surface area (Å²) in [6.07, 6.45) is 0.157. The molecule has 156 valence electrons. The van der Waals surface area contributed by atoms with Crippen molar-refractivity contribution in [3.63, 3.8) is 0 Å². The Kier molecular flexibility index (Phi) is 6.92.